The summed E-state index contributed by atoms with van der Waals surface area (Å²) in [7, 11) is 0. The van der Waals surface area contributed by atoms with Crippen LogP contribution in [-0.4, -0.2) is 17.3 Å². The molecule has 1 aliphatic rings. The van der Waals surface area contributed by atoms with Crippen LogP contribution in [0.15, 0.2) is 36.5 Å². The molecule has 3 heteroatoms. The van der Waals surface area contributed by atoms with Crippen LogP contribution in [0.5, 0.6) is 0 Å². The molecule has 162 valence electrons. The van der Waals surface area contributed by atoms with Gasteiger partial charge in [-0.15, -0.1) is 0 Å². The minimum absolute atomic E-state index is 0.156. The third kappa shape index (κ3) is 11.1. The summed E-state index contributed by atoms with van der Waals surface area (Å²) in [5.41, 5.74) is -0.290. The first kappa shape index (κ1) is 25.3. The van der Waals surface area contributed by atoms with E-state index in [1.54, 1.807) is 0 Å². The molecule has 3 nitrogen and oxygen atoms in total. The summed E-state index contributed by atoms with van der Waals surface area (Å²) in [6.07, 6.45) is 23.7. The van der Waals surface area contributed by atoms with Gasteiger partial charge in [-0.2, -0.15) is 0 Å². The number of carbonyl (C=O) groups excluding carboxylic acids is 3. The van der Waals surface area contributed by atoms with Gasteiger partial charge in [0.2, 0.25) is 0 Å². The largest absolute Gasteiger partial charge is 0.298 e. The van der Waals surface area contributed by atoms with Gasteiger partial charge in [0.25, 0.3) is 0 Å². The van der Waals surface area contributed by atoms with E-state index in [1.165, 1.54) is 6.42 Å². The maximum Gasteiger partial charge on any atom is 0.151 e. The van der Waals surface area contributed by atoms with Gasteiger partial charge in [0.15, 0.2) is 17.3 Å². The van der Waals surface area contributed by atoms with E-state index < -0.39 is 5.92 Å². The van der Waals surface area contributed by atoms with Crippen LogP contribution in [0.25, 0.3) is 0 Å². The highest BCUT2D eigenvalue weighted by atomic mass is 16.2. The van der Waals surface area contributed by atoms with Crippen LogP contribution in [0.3, 0.4) is 0 Å². The highest BCUT2D eigenvalue weighted by molar-refractivity contribution is 6.20. The van der Waals surface area contributed by atoms with E-state index in [4.69, 9.17) is 0 Å². The minimum Gasteiger partial charge on any atom is -0.298 e. The fourth-order valence-corrected chi connectivity index (χ4v) is 3.81. The monoisotopic (exact) mass is 400 g/mol. The second-order valence-electron chi connectivity index (χ2n) is 8.95. The van der Waals surface area contributed by atoms with Crippen LogP contribution in [0.4, 0.5) is 0 Å². The fourth-order valence-electron chi connectivity index (χ4n) is 3.81. The van der Waals surface area contributed by atoms with Crippen LogP contribution in [0.1, 0.15) is 97.8 Å². The van der Waals surface area contributed by atoms with Crippen molar-refractivity contribution in [3.05, 3.63) is 36.5 Å². The molecule has 0 amide bonds. The van der Waals surface area contributed by atoms with Crippen LogP contribution in [0.2, 0.25) is 0 Å². The Balaban J connectivity index is 2.05. The molecule has 0 aromatic carbocycles. The lowest BCUT2D eigenvalue weighted by Crippen LogP contribution is -2.41. The lowest BCUT2D eigenvalue weighted by Gasteiger charge is -2.31. The van der Waals surface area contributed by atoms with Gasteiger partial charge in [-0.25, -0.2) is 0 Å². The Morgan fingerprint density at radius 3 is 1.97 bits per heavy atom. The van der Waals surface area contributed by atoms with E-state index in [1.807, 2.05) is 13.8 Å². The third-order valence-electron chi connectivity index (χ3n) is 5.35. The predicted octanol–water partition coefficient (Wildman–Crippen LogP) is 6.72. The van der Waals surface area contributed by atoms with E-state index in [0.717, 1.165) is 51.4 Å². The number of hydrogen-bond donors (Lipinski definition) is 0. The molecular weight excluding hydrogens is 360 g/mol. The van der Waals surface area contributed by atoms with Gasteiger partial charge in [0.05, 0.1) is 0 Å². The number of Topliss-reactive ketones (excluding diaryl/α,β-unsaturated/α-hetero) is 3. The fraction of sp³-hybridized carbons (Fsp3) is 0.654. The number of hydrogen-bond acceptors (Lipinski definition) is 3. The molecule has 0 atom stereocenters. The van der Waals surface area contributed by atoms with Crippen molar-refractivity contribution in [3.8, 4) is 0 Å². The first-order valence-electron chi connectivity index (χ1n) is 11.4. The van der Waals surface area contributed by atoms with E-state index >= 15 is 0 Å². The van der Waals surface area contributed by atoms with Crippen molar-refractivity contribution in [1.29, 1.82) is 0 Å². The molecule has 1 saturated carbocycles. The van der Waals surface area contributed by atoms with E-state index in [9.17, 15) is 14.4 Å². The van der Waals surface area contributed by atoms with Crippen molar-refractivity contribution in [1.82, 2.24) is 0 Å². The van der Waals surface area contributed by atoms with Gasteiger partial charge in [-0.05, 0) is 43.9 Å². The average molecular weight is 401 g/mol. The Morgan fingerprint density at radius 2 is 1.34 bits per heavy atom. The summed E-state index contributed by atoms with van der Waals surface area (Å²) < 4.78 is 0. The Bertz CT molecular complexity index is 587. The Kier molecular flexibility index (Phi) is 12.4. The van der Waals surface area contributed by atoms with E-state index in [-0.39, 0.29) is 22.8 Å². The van der Waals surface area contributed by atoms with Gasteiger partial charge in [0.1, 0.15) is 5.92 Å². The standard InChI is InChI=1S/C26H40O3/c1-4-5-6-7-8-9-10-11-12-13-14-15-16-17-18-19-22(27)25-23(28)20-26(2,3)21-24(25)29/h5-6,8-9,11-12,25H,4,7,10,13-21H2,1-3H3/b6-5-,9-8-,12-11-. The zero-order valence-electron chi connectivity index (χ0n) is 18.8. The molecule has 0 bridgehead atoms. The lowest BCUT2D eigenvalue weighted by molar-refractivity contribution is -0.145. The molecule has 0 aliphatic heterocycles. The summed E-state index contributed by atoms with van der Waals surface area (Å²) in [6, 6.07) is 0. The van der Waals surface area contributed by atoms with Gasteiger partial charge in [-0.1, -0.05) is 76.5 Å². The van der Waals surface area contributed by atoms with E-state index in [2.05, 4.69) is 43.4 Å². The van der Waals surface area contributed by atoms with Crippen LogP contribution in [0, 0.1) is 11.3 Å². The Hall–Kier alpha value is -1.77. The Morgan fingerprint density at radius 1 is 0.828 bits per heavy atom. The summed E-state index contributed by atoms with van der Waals surface area (Å²) >= 11 is 0. The van der Waals surface area contributed by atoms with Gasteiger partial charge >= 0.3 is 0 Å². The zero-order chi connectivity index (χ0) is 21.5. The van der Waals surface area contributed by atoms with Crippen molar-refractivity contribution in [2.45, 2.75) is 97.8 Å². The van der Waals surface area contributed by atoms with Crippen LogP contribution >= 0.6 is 0 Å². The second kappa shape index (κ2) is 14.3. The number of rotatable bonds is 14. The lowest BCUT2D eigenvalue weighted by atomic mass is 9.70. The summed E-state index contributed by atoms with van der Waals surface area (Å²) in [6.45, 7) is 5.98. The Labute approximate surface area is 177 Å². The molecular formula is C26H40O3. The van der Waals surface area contributed by atoms with Crippen molar-refractivity contribution < 1.29 is 14.4 Å². The van der Waals surface area contributed by atoms with Gasteiger partial charge in [0, 0.05) is 19.3 Å². The molecule has 0 N–H and O–H groups in total. The van der Waals surface area contributed by atoms with Gasteiger partial charge < -0.3 is 0 Å². The van der Waals surface area contributed by atoms with Crippen molar-refractivity contribution in [2.24, 2.45) is 11.3 Å². The molecule has 0 spiro atoms. The molecule has 0 heterocycles. The van der Waals surface area contributed by atoms with Crippen LogP contribution < -0.4 is 0 Å². The number of unbranched alkanes of at least 4 members (excludes halogenated alkanes) is 5. The molecule has 0 radical (unpaired) electrons. The number of allylic oxidation sites excluding steroid dienone is 6. The zero-order valence-corrected chi connectivity index (χ0v) is 18.8. The van der Waals surface area contributed by atoms with Crippen molar-refractivity contribution >= 4 is 17.3 Å². The highest BCUT2D eigenvalue weighted by Crippen LogP contribution is 2.34. The molecule has 0 unspecified atom stereocenters. The molecule has 1 rings (SSSR count). The van der Waals surface area contributed by atoms with E-state index in [0.29, 0.717) is 19.3 Å². The number of carbonyl (C=O) groups is 3. The van der Waals surface area contributed by atoms with Gasteiger partial charge in [-0.3, -0.25) is 14.4 Å². The molecule has 0 saturated heterocycles. The molecule has 29 heavy (non-hydrogen) atoms. The smallest absolute Gasteiger partial charge is 0.151 e. The summed E-state index contributed by atoms with van der Waals surface area (Å²) in [4.78, 5) is 36.6. The quantitative estimate of drug-likeness (QED) is 0.185. The maximum atomic E-state index is 12.3. The maximum absolute atomic E-state index is 12.3. The number of ketones is 3. The summed E-state index contributed by atoms with van der Waals surface area (Å²) in [5, 5.41) is 0. The molecule has 1 fully saturated rings. The summed E-state index contributed by atoms with van der Waals surface area (Å²) in [5.74, 6) is -1.47. The molecule has 0 aromatic heterocycles. The van der Waals surface area contributed by atoms with Crippen molar-refractivity contribution in [3.63, 3.8) is 0 Å². The average Bonchev–Trinajstić information content (AvgIpc) is 2.63. The van der Waals surface area contributed by atoms with Crippen molar-refractivity contribution in [2.75, 3.05) is 0 Å². The predicted molar refractivity (Wildman–Crippen MR) is 121 cm³/mol. The first-order valence-corrected chi connectivity index (χ1v) is 11.4. The SMILES string of the molecule is CC/C=C\C/C=C\C/C=C\CCCCCCCC(=O)C1C(=O)CC(C)(C)CC1=O. The highest BCUT2D eigenvalue weighted by Gasteiger charge is 2.42. The second-order valence-corrected chi connectivity index (χ2v) is 8.95. The molecule has 0 aromatic rings. The normalized spacial score (nSPS) is 17.9. The third-order valence-corrected chi connectivity index (χ3v) is 5.35. The molecule has 1 aliphatic carbocycles. The topological polar surface area (TPSA) is 51.2 Å². The van der Waals surface area contributed by atoms with Crippen LogP contribution in [-0.2, 0) is 14.4 Å². The first-order chi connectivity index (χ1) is 13.9. The minimum atomic E-state index is -0.968.